The number of anilines is 1. The first-order valence-electron chi connectivity index (χ1n) is 11.0. The number of ether oxygens (including phenoxy) is 2. The van der Waals surface area contributed by atoms with Crippen LogP contribution < -0.4 is 10.1 Å². The van der Waals surface area contributed by atoms with Crippen molar-refractivity contribution in [1.29, 1.82) is 0 Å². The molecule has 0 radical (unpaired) electrons. The molecular formula is C23H27N7O2. The SMILES string of the molecule is CCOc1ncccc1-c1cc(NCc2cnn(CC)c2)c2c(n1)c(C)nn2C1COC1. The summed E-state index contributed by atoms with van der Waals surface area (Å²) in [7, 11) is 0. The van der Waals surface area contributed by atoms with E-state index in [1.807, 2.05) is 36.9 Å². The largest absolute Gasteiger partial charge is 0.477 e. The lowest BCUT2D eigenvalue weighted by Gasteiger charge is -2.27. The molecule has 5 heterocycles. The first-order valence-corrected chi connectivity index (χ1v) is 11.0. The molecule has 0 atom stereocenters. The summed E-state index contributed by atoms with van der Waals surface area (Å²) in [5.41, 5.74) is 6.48. The second kappa shape index (κ2) is 8.58. The molecule has 0 saturated carbocycles. The molecule has 0 aliphatic carbocycles. The number of nitrogens with one attached hydrogen (secondary N) is 1. The summed E-state index contributed by atoms with van der Waals surface area (Å²) in [6.07, 6.45) is 5.69. The fraction of sp³-hybridized carbons (Fsp3) is 0.391. The second-order valence-corrected chi connectivity index (χ2v) is 7.82. The molecule has 1 aliphatic heterocycles. The first-order chi connectivity index (χ1) is 15.7. The highest BCUT2D eigenvalue weighted by atomic mass is 16.5. The molecule has 1 fully saturated rings. The van der Waals surface area contributed by atoms with Crippen LogP contribution in [0, 0.1) is 6.92 Å². The van der Waals surface area contributed by atoms with Crippen LogP contribution >= 0.6 is 0 Å². The fourth-order valence-electron chi connectivity index (χ4n) is 3.89. The van der Waals surface area contributed by atoms with Gasteiger partial charge in [-0.15, -0.1) is 0 Å². The van der Waals surface area contributed by atoms with Gasteiger partial charge in [-0.1, -0.05) is 0 Å². The summed E-state index contributed by atoms with van der Waals surface area (Å²) < 4.78 is 15.2. The highest BCUT2D eigenvalue weighted by molar-refractivity contribution is 5.93. The predicted octanol–water partition coefficient (Wildman–Crippen LogP) is 3.60. The maximum absolute atomic E-state index is 5.77. The zero-order valence-corrected chi connectivity index (χ0v) is 18.6. The Bertz CT molecular complexity index is 1240. The van der Waals surface area contributed by atoms with Gasteiger partial charge in [0.05, 0.1) is 54.7 Å². The molecule has 5 rings (SSSR count). The average Bonchev–Trinajstić information content (AvgIpc) is 3.36. The van der Waals surface area contributed by atoms with Gasteiger partial charge >= 0.3 is 0 Å². The summed E-state index contributed by atoms with van der Waals surface area (Å²) >= 11 is 0. The van der Waals surface area contributed by atoms with Crippen LogP contribution in [0.15, 0.2) is 36.8 Å². The molecule has 4 aromatic rings. The zero-order valence-electron chi connectivity index (χ0n) is 18.6. The van der Waals surface area contributed by atoms with Crippen molar-refractivity contribution in [2.24, 2.45) is 0 Å². The lowest BCUT2D eigenvalue weighted by molar-refractivity contribution is -0.0267. The number of aromatic nitrogens is 6. The van der Waals surface area contributed by atoms with Crippen molar-refractivity contribution in [3.8, 4) is 17.1 Å². The van der Waals surface area contributed by atoms with Crippen LogP contribution in [-0.2, 0) is 17.8 Å². The van der Waals surface area contributed by atoms with Gasteiger partial charge in [-0.25, -0.2) is 9.97 Å². The Morgan fingerprint density at radius 1 is 1.28 bits per heavy atom. The maximum atomic E-state index is 5.77. The van der Waals surface area contributed by atoms with Crippen LogP contribution in [0.5, 0.6) is 5.88 Å². The molecule has 1 aliphatic rings. The van der Waals surface area contributed by atoms with E-state index in [2.05, 4.69) is 39.3 Å². The standard InChI is InChI=1S/C23H27N7O2/c1-4-29-12-16(11-26-29)10-25-20-9-19(18-7-6-8-24-23(18)32-5-2)27-21-15(3)28-30(22(20)21)17-13-31-14-17/h6-9,11-12,17H,4-5,10,13-14H2,1-3H3,(H,25,27). The number of aryl methyl sites for hydroxylation is 2. The molecule has 1 saturated heterocycles. The minimum absolute atomic E-state index is 0.222. The Morgan fingerprint density at radius 2 is 2.16 bits per heavy atom. The average molecular weight is 434 g/mol. The molecule has 0 unspecified atom stereocenters. The molecule has 0 bridgehead atoms. The molecule has 4 aromatic heterocycles. The van der Waals surface area contributed by atoms with E-state index in [1.54, 1.807) is 6.20 Å². The Morgan fingerprint density at radius 3 is 2.88 bits per heavy atom. The zero-order chi connectivity index (χ0) is 22.1. The van der Waals surface area contributed by atoms with Gasteiger partial charge < -0.3 is 14.8 Å². The molecule has 0 amide bonds. The Balaban J connectivity index is 1.61. The van der Waals surface area contributed by atoms with Crippen molar-refractivity contribution < 1.29 is 9.47 Å². The van der Waals surface area contributed by atoms with Crippen LogP contribution in [0.2, 0.25) is 0 Å². The van der Waals surface area contributed by atoms with Gasteiger partial charge in [0.25, 0.3) is 0 Å². The normalized spacial score (nSPS) is 14.0. The minimum atomic E-state index is 0.222. The first kappa shape index (κ1) is 20.4. The summed E-state index contributed by atoms with van der Waals surface area (Å²) in [5.74, 6) is 0.578. The van der Waals surface area contributed by atoms with Crippen LogP contribution in [-0.4, -0.2) is 49.3 Å². The molecule has 9 heteroatoms. The third-order valence-corrected chi connectivity index (χ3v) is 5.61. The molecular weight excluding hydrogens is 406 g/mol. The Kier molecular flexibility index (Phi) is 5.48. The number of hydrogen-bond acceptors (Lipinski definition) is 7. The lowest BCUT2D eigenvalue weighted by Crippen LogP contribution is -2.31. The molecule has 166 valence electrons. The summed E-state index contributed by atoms with van der Waals surface area (Å²) in [6, 6.07) is 6.17. The van der Waals surface area contributed by atoms with Crippen molar-refractivity contribution in [1.82, 2.24) is 29.5 Å². The highest BCUT2D eigenvalue weighted by Crippen LogP contribution is 2.35. The quantitative estimate of drug-likeness (QED) is 0.454. The maximum Gasteiger partial charge on any atom is 0.222 e. The molecule has 1 N–H and O–H groups in total. The Hall–Kier alpha value is -3.46. The predicted molar refractivity (Wildman–Crippen MR) is 122 cm³/mol. The van der Waals surface area contributed by atoms with Crippen LogP contribution in [0.4, 0.5) is 5.69 Å². The van der Waals surface area contributed by atoms with Crippen molar-refractivity contribution in [2.75, 3.05) is 25.1 Å². The van der Waals surface area contributed by atoms with E-state index in [9.17, 15) is 0 Å². The van der Waals surface area contributed by atoms with E-state index in [0.717, 1.165) is 45.8 Å². The van der Waals surface area contributed by atoms with Crippen LogP contribution in [0.3, 0.4) is 0 Å². The van der Waals surface area contributed by atoms with Gasteiger partial charge in [-0.2, -0.15) is 10.2 Å². The van der Waals surface area contributed by atoms with Crippen molar-refractivity contribution in [3.05, 3.63) is 48.0 Å². The van der Waals surface area contributed by atoms with E-state index in [1.165, 1.54) is 0 Å². The van der Waals surface area contributed by atoms with Gasteiger partial charge in [0.15, 0.2) is 0 Å². The number of nitrogens with zero attached hydrogens (tertiary/aromatic N) is 6. The third-order valence-electron chi connectivity index (χ3n) is 5.61. The highest BCUT2D eigenvalue weighted by Gasteiger charge is 2.27. The van der Waals surface area contributed by atoms with Crippen molar-refractivity contribution in [2.45, 2.75) is 39.9 Å². The van der Waals surface area contributed by atoms with E-state index in [-0.39, 0.29) is 6.04 Å². The number of pyridine rings is 2. The van der Waals surface area contributed by atoms with E-state index < -0.39 is 0 Å². The third kappa shape index (κ3) is 3.69. The molecule has 32 heavy (non-hydrogen) atoms. The van der Waals surface area contributed by atoms with Crippen molar-refractivity contribution in [3.63, 3.8) is 0 Å². The van der Waals surface area contributed by atoms with Gasteiger partial charge in [0, 0.05) is 31.0 Å². The van der Waals surface area contributed by atoms with Crippen LogP contribution in [0.1, 0.15) is 31.1 Å². The van der Waals surface area contributed by atoms with Gasteiger partial charge in [-0.3, -0.25) is 9.36 Å². The molecule has 0 spiro atoms. The van der Waals surface area contributed by atoms with Gasteiger partial charge in [0.1, 0.15) is 11.0 Å². The monoisotopic (exact) mass is 433 g/mol. The number of rotatable bonds is 8. The summed E-state index contributed by atoms with van der Waals surface area (Å²) in [4.78, 5) is 9.39. The van der Waals surface area contributed by atoms with E-state index in [0.29, 0.717) is 32.2 Å². The molecule has 0 aromatic carbocycles. The summed E-state index contributed by atoms with van der Waals surface area (Å²) in [6.45, 7) is 9.39. The van der Waals surface area contributed by atoms with Crippen LogP contribution in [0.25, 0.3) is 22.3 Å². The van der Waals surface area contributed by atoms with Gasteiger partial charge in [-0.05, 0) is 39.0 Å². The lowest BCUT2D eigenvalue weighted by atomic mass is 10.1. The number of hydrogen-bond donors (Lipinski definition) is 1. The van der Waals surface area contributed by atoms with Crippen molar-refractivity contribution >= 4 is 16.7 Å². The second-order valence-electron chi connectivity index (χ2n) is 7.82. The Labute approximate surface area is 186 Å². The van der Waals surface area contributed by atoms with E-state index in [4.69, 9.17) is 19.6 Å². The van der Waals surface area contributed by atoms with Gasteiger partial charge in [0.2, 0.25) is 5.88 Å². The summed E-state index contributed by atoms with van der Waals surface area (Å²) in [5, 5.41) is 12.8. The number of fused-ring (bicyclic) bond motifs is 1. The minimum Gasteiger partial charge on any atom is -0.477 e. The molecule has 9 nitrogen and oxygen atoms in total. The fourth-order valence-corrected chi connectivity index (χ4v) is 3.89. The smallest absolute Gasteiger partial charge is 0.222 e. The van der Waals surface area contributed by atoms with E-state index >= 15 is 0 Å². The topological polar surface area (TPSA) is 91.9 Å².